The van der Waals surface area contributed by atoms with Crippen LogP contribution in [0.15, 0.2) is 65.7 Å². The van der Waals surface area contributed by atoms with Crippen molar-refractivity contribution in [1.29, 1.82) is 0 Å². The van der Waals surface area contributed by atoms with Crippen molar-refractivity contribution in [2.24, 2.45) is 0 Å². The van der Waals surface area contributed by atoms with Crippen LogP contribution in [-0.4, -0.2) is 25.2 Å². The quantitative estimate of drug-likeness (QED) is 0.521. The van der Waals surface area contributed by atoms with Crippen LogP contribution in [0.2, 0.25) is 5.02 Å². The lowest BCUT2D eigenvalue weighted by Gasteiger charge is -2.14. The molecule has 0 atom stereocenters. The molecule has 31 heavy (non-hydrogen) atoms. The zero-order valence-electron chi connectivity index (χ0n) is 17.5. The van der Waals surface area contributed by atoms with Gasteiger partial charge in [0.2, 0.25) is 5.91 Å². The molecular formula is C23H22ClN5O2. The summed E-state index contributed by atoms with van der Waals surface area (Å²) >= 11 is 6.01. The zero-order valence-corrected chi connectivity index (χ0v) is 18.2. The van der Waals surface area contributed by atoms with Gasteiger partial charge >= 0.3 is 0 Å². The third kappa shape index (κ3) is 4.36. The first kappa shape index (κ1) is 20.8. The maximum Gasteiger partial charge on any atom is 0.261 e. The molecule has 8 heteroatoms. The Morgan fingerprint density at radius 3 is 2.55 bits per heavy atom. The fourth-order valence-corrected chi connectivity index (χ4v) is 3.36. The lowest BCUT2D eigenvalue weighted by Crippen LogP contribution is -2.28. The van der Waals surface area contributed by atoms with Crippen molar-refractivity contribution in [3.05, 3.63) is 82.0 Å². The number of benzene rings is 2. The van der Waals surface area contributed by atoms with E-state index in [1.165, 1.54) is 10.9 Å². The number of carbonyl (C=O) groups is 1. The van der Waals surface area contributed by atoms with Crippen LogP contribution in [-0.2, 0) is 16.8 Å². The van der Waals surface area contributed by atoms with E-state index in [0.717, 1.165) is 11.4 Å². The van der Waals surface area contributed by atoms with Crippen molar-refractivity contribution in [3.63, 3.8) is 0 Å². The number of fused-ring (bicyclic) bond motifs is 1. The molecule has 0 spiro atoms. The highest BCUT2D eigenvalue weighted by Gasteiger charge is 2.21. The number of hydrogen-bond acceptors (Lipinski definition) is 4. The summed E-state index contributed by atoms with van der Waals surface area (Å²) in [5.74, 6) is 0.175. The molecule has 0 aliphatic carbocycles. The second-order valence-electron chi connectivity index (χ2n) is 8.30. The van der Waals surface area contributed by atoms with Crippen molar-refractivity contribution in [2.45, 2.75) is 32.7 Å². The topological polar surface area (TPSA) is 81.8 Å². The van der Waals surface area contributed by atoms with E-state index in [1.54, 1.807) is 22.9 Å². The van der Waals surface area contributed by atoms with Gasteiger partial charge in [-0.2, -0.15) is 5.10 Å². The number of para-hydroxylation sites is 1. The van der Waals surface area contributed by atoms with Gasteiger partial charge in [-0.25, -0.2) is 9.67 Å². The molecule has 2 heterocycles. The van der Waals surface area contributed by atoms with Gasteiger partial charge in [-0.15, -0.1) is 0 Å². The molecule has 2 aromatic carbocycles. The highest BCUT2D eigenvalue weighted by Crippen LogP contribution is 2.26. The fraction of sp³-hybridized carbons (Fsp3) is 0.217. The number of rotatable bonds is 4. The minimum atomic E-state index is -0.359. The van der Waals surface area contributed by atoms with E-state index in [1.807, 2.05) is 36.4 Å². The summed E-state index contributed by atoms with van der Waals surface area (Å²) in [6.07, 6.45) is 1.37. The van der Waals surface area contributed by atoms with Crippen LogP contribution < -0.4 is 10.9 Å². The van der Waals surface area contributed by atoms with Crippen LogP contribution in [0.25, 0.3) is 16.6 Å². The monoisotopic (exact) mass is 435 g/mol. The molecule has 158 valence electrons. The number of nitrogens with one attached hydrogen (secondary N) is 1. The normalized spacial score (nSPS) is 11.6. The standard InChI is InChI=1S/C23H22ClN5O2/c1-23(2,3)19-12-20(29(27-19)16-7-5-4-6-8-16)26-21(30)13-28-14-25-18-10-9-15(24)11-17(18)22(28)31/h4-12,14H,13H2,1-3H3,(H,26,30). The average Bonchev–Trinajstić information content (AvgIpc) is 3.15. The van der Waals surface area contributed by atoms with Crippen molar-refractivity contribution in [1.82, 2.24) is 19.3 Å². The first-order chi connectivity index (χ1) is 14.7. The van der Waals surface area contributed by atoms with E-state index in [0.29, 0.717) is 21.7 Å². The van der Waals surface area contributed by atoms with Gasteiger partial charge < -0.3 is 5.32 Å². The molecule has 0 bridgehead atoms. The molecule has 0 fully saturated rings. The van der Waals surface area contributed by atoms with Gasteiger partial charge in [0.1, 0.15) is 12.4 Å². The molecular weight excluding hydrogens is 414 g/mol. The van der Waals surface area contributed by atoms with Gasteiger partial charge in [0.05, 0.1) is 28.6 Å². The Balaban J connectivity index is 1.65. The van der Waals surface area contributed by atoms with E-state index in [-0.39, 0.29) is 23.4 Å². The highest BCUT2D eigenvalue weighted by atomic mass is 35.5. The van der Waals surface area contributed by atoms with Crippen LogP contribution in [0.5, 0.6) is 0 Å². The first-order valence-corrected chi connectivity index (χ1v) is 10.2. The van der Waals surface area contributed by atoms with E-state index < -0.39 is 0 Å². The van der Waals surface area contributed by atoms with E-state index >= 15 is 0 Å². The smallest absolute Gasteiger partial charge is 0.261 e. The fourth-order valence-electron chi connectivity index (χ4n) is 3.18. The van der Waals surface area contributed by atoms with Crippen molar-refractivity contribution < 1.29 is 4.79 Å². The minimum absolute atomic E-state index is 0.181. The molecule has 0 radical (unpaired) electrons. The number of carbonyl (C=O) groups excluding carboxylic acids is 1. The average molecular weight is 436 g/mol. The maximum absolute atomic E-state index is 12.8. The van der Waals surface area contributed by atoms with Crippen molar-refractivity contribution in [3.8, 4) is 5.69 Å². The van der Waals surface area contributed by atoms with Crippen LogP contribution in [0.3, 0.4) is 0 Å². The lowest BCUT2D eigenvalue weighted by atomic mass is 9.92. The molecule has 7 nitrogen and oxygen atoms in total. The van der Waals surface area contributed by atoms with Gasteiger partial charge in [-0.1, -0.05) is 50.6 Å². The number of nitrogens with zero attached hydrogens (tertiary/aromatic N) is 4. The van der Waals surface area contributed by atoms with E-state index in [2.05, 4.69) is 36.2 Å². The van der Waals surface area contributed by atoms with E-state index in [9.17, 15) is 9.59 Å². The van der Waals surface area contributed by atoms with Gasteiger partial charge in [-0.05, 0) is 30.3 Å². The zero-order chi connectivity index (χ0) is 22.2. The largest absolute Gasteiger partial charge is 0.309 e. The molecule has 0 aliphatic heterocycles. The second-order valence-corrected chi connectivity index (χ2v) is 8.74. The third-order valence-corrected chi connectivity index (χ3v) is 5.08. The Morgan fingerprint density at radius 1 is 1.10 bits per heavy atom. The summed E-state index contributed by atoms with van der Waals surface area (Å²) in [5.41, 5.74) is 1.67. The second kappa shape index (κ2) is 8.00. The van der Waals surface area contributed by atoms with Crippen LogP contribution in [0.4, 0.5) is 5.82 Å². The number of halogens is 1. The molecule has 1 N–H and O–H groups in total. The predicted molar refractivity (Wildman–Crippen MR) is 122 cm³/mol. The van der Waals surface area contributed by atoms with Crippen LogP contribution in [0.1, 0.15) is 26.5 Å². The molecule has 4 rings (SSSR count). The molecule has 0 saturated carbocycles. The summed E-state index contributed by atoms with van der Waals surface area (Å²) in [7, 11) is 0. The summed E-state index contributed by atoms with van der Waals surface area (Å²) in [5, 5.41) is 8.38. The Morgan fingerprint density at radius 2 is 1.84 bits per heavy atom. The number of amides is 1. The Labute approximate surface area is 184 Å². The third-order valence-electron chi connectivity index (χ3n) is 4.85. The molecule has 0 aliphatic rings. The molecule has 4 aromatic rings. The summed E-state index contributed by atoms with van der Waals surface area (Å²) < 4.78 is 2.96. The van der Waals surface area contributed by atoms with E-state index in [4.69, 9.17) is 11.6 Å². The summed E-state index contributed by atoms with van der Waals surface area (Å²) in [4.78, 5) is 29.8. The van der Waals surface area contributed by atoms with Crippen LogP contribution >= 0.6 is 11.6 Å². The Kier molecular flexibility index (Phi) is 5.37. The maximum atomic E-state index is 12.8. The van der Waals surface area contributed by atoms with Gasteiger partial charge in [0, 0.05) is 16.5 Å². The molecule has 0 unspecified atom stereocenters. The number of aromatic nitrogens is 4. The SMILES string of the molecule is CC(C)(C)c1cc(NC(=O)Cn2cnc3ccc(Cl)cc3c2=O)n(-c2ccccc2)n1. The Bertz CT molecular complexity index is 1320. The number of hydrogen-bond donors (Lipinski definition) is 1. The van der Waals surface area contributed by atoms with Crippen LogP contribution in [0, 0.1) is 0 Å². The summed E-state index contributed by atoms with van der Waals surface area (Å²) in [6, 6.07) is 16.3. The molecule has 2 aromatic heterocycles. The first-order valence-electron chi connectivity index (χ1n) is 9.83. The van der Waals surface area contributed by atoms with Crippen molar-refractivity contribution >= 4 is 34.2 Å². The Hall–Kier alpha value is -3.45. The van der Waals surface area contributed by atoms with Gasteiger partial charge in [0.25, 0.3) is 5.56 Å². The molecule has 1 amide bonds. The van der Waals surface area contributed by atoms with Gasteiger partial charge in [-0.3, -0.25) is 14.2 Å². The highest BCUT2D eigenvalue weighted by molar-refractivity contribution is 6.31. The predicted octanol–water partition coefficient (Wildman–Crippen LogP) is 4.17. The lowest BCUT2D eigenvalue weighted by molar-refractivity contribution is -0.116. The number of anilines is 1. The minimum Gasteiger partial charge on any atom is -0.309 e. The van der Waals surface area contributed by atoms with Crippen molar-refractivity contribution in [2.75, 3.05) is 5.32 Å². The molecule has 0 saturated heterocycles. The summed E-state index contributed by atoms with van der Waals surface area (Å²) in [6.45, 7) is 5.99. The van der Waals surface area contributed by atoms with Gasteiger partial charge in [0.15, 0.2) is 0 Å².